The van der Waals surface area contributed by atoms with Crippen molar-refractivity contribution in [2.24, 2.45) is 0 Å². The maximum Gasteiger partial charge on any atom is 0.519 e. The Labute approximate surface area is 111 Å². The molecule has 0 amide bonds. The fraction of sp³-hybridized carbons (Fsp3) is 0.600. The van der Waals surface area contributed by atoms with Gasteiger partial charge in [0, 0.05) is 14.0 Å². The second-order valence-corrected chi connectivity index (χ2v) is 3.74. The molecular formula is C10H13BrO7. The molecule has 0 spiro atoms. The molecule has 0 N–H and O–H groups in total. The van der Waals surface area contributed by atoms with Crippen LogP contribution in [0.1, 0.15) is 24.7 Å². The predicted molar refractivity (Wildman–Crippen MR) is 62.2 cm³/mol. The van der Waals surface area contributed by atoms with Crippen LogP contribution in [0.4, 0.5) is 0 Å². The minimum absolute atomic E-state index is 0.0307. The first-order valence-corrected chi connectivity index (χ1v) is 6.17. The zero-order chi connectivity index (χ0) is 13.5. The zero-order valence-corrected chi connectivity index (χ0v) is 11.5. The SMILES string of the molecule is COCCOC(OC(C)=O)c1oc(=O)oc1CBr. The lowest BCUT2D eigenvalue weighted by atomic mass is 10.4. The fourth-order valence-corrected chi connectivity index (χ4v) is 1.53. The van der Waals surface area contributed by atoms with E-state index in [1.807, 2.05) is 0 Å². The number of halogens is 1. The van der Waals surface area contributed by atoms with Gasteiger partial charge in [-0.25, -0.2) is 4.79 Å². The Morgan fingerprint density at radius 3 is 2.67 bits per heavy atom. The third-order valence-corrected chi connectivity index (χ3v) is 2.35. The van der Waals surface area contributed by atoms with E-state index in [0.717, 1.165) is 0 Å². The summed E-state index contributed by atoms with van der Waals surface area (Å²) in [6.45, 7) is 1.70. The first kappa shape index (κ1) is 14.9. The number of ether oxygens (including phenoxy) is 3. The molecule has 1 aromatic rings. The molecule has 0 aliphatic carbocycles. The van der Waals surface area contributed by atoms with E-state index in [1.165, 1.54) is 14.0 Å². The monoisotopic (exact) mass is 324 g/mol. The van der Waals surface area contributed by atoms with Gasteiger partial charge >= 0.3 is 11.8 Å². The molecule has 0 aliphatic heterocycles. The lowest BCUT2D eigenvalue weighted by molar-refractivity contribution is -0.185. The Morgan fingerprint density at radius 1 is 1.39 bits per heavy atom. The largest absolute Gasteiger partial charge is 0.519 e. The van der Waals surface area contributed by atoms with Crippen LogP contribution in [-0.2, 0) is 24.3 Å². The number of carbonyl (C=O) groups excluding carboxylic acids is 1. The molecule has 0 radical (unpaired) electrons. The van der Waals surface area contributed by atoms with Crippen LogP contribution < -0.4 is 5.82 Å². The number of methoxy groups -OCH3 is 1. The topological polar surface area (TPSA) is 88.1 Å². The lowest BCUT2D eigenvalue weighted by Crippen LogP contribution is -2.15. The van der Waals surface area contributed by atoms with Gasteiger partial charge in [-0.1, -0.05) is 15.9 Å². The number of hydrogen-bond donors (Lipinski definition) is 0. The van der Waals surface area contributed by atoms with Gasteiger partial charge in [-0.2, -0.15) is 0 Å². The number of rotatable bonds is 7. The Balaban J connectivity index is 2.85. The highest BCUT2D eigenvalue weighted by Crippen LogP contribution is 2.24. The molecule has 102 valence electrons. The standard InChI is InChI=1S/C10H13BrO7/c1-6(12)16-9(15-4-3-14-2)8-7(5-11)17-10(13)18-8/h9H,3-5H2,1-2H3. The van der Waals surface area contributed by atoms with Gasteiger partial charge in [0.1, 0.15) is 0 Å². The van der Waals surface area contributed by atoms with Crippen molar-refractivity contribution < 1.29 is 27.8 Å². The Morgan fingerprint density at radius 2 is 2.11 bits per heavy atom. The quantitative estimate of drug-likeness (QED) is 0.324. The van der Waals surface area contributed by atoms with Gasteiger partial charge in [-0.15, -0.1) is 0 Å². The normalized spacial score (nSPS) is 12.4. The molecule has 7 nitrogen and oxygen atoms in total. The van der Waals surface area contributed by atoms with Crippen LogP contribution in [0.5, 0.6) is 0 Å². The molecule has 0 saturated heterocycles. The summed E-state index contributed by atoms with van der Waals surface area (Å²) in [4.78, 5) is 22.0. The van der Waals surface area contributed by atoms with Crippen molar-refractivity contribution in [2.45, 2.75) is 18.5 Å². The molecule has 1 rings (SSSR count). The second kappa shape index (κ2) is 7.34. The molecule has 1 unspecified atom stereocenters. The number of alkyl halides is 1. The molecule has 0 bridgehead atoms. The van der Waals surface area contributed by atoms with E-state index in [1.54, 1.807) is 0 Å². The van der Waals surface area contributed by atoms with Gasteiger partial charge in [0.25, 0.3) is 6.29 Å². The molecular weight excluding hydrogens is 312 g/mol. The summed E-state index contributed by atoms with van der Waals surface area (Å²) in [5.41, 5.74) is 0. The fourth-order valence-electron chi connectivity index (χ4n) is 1.14. The van der Waals surface area contributed by atoms with Crippen LogP contribution in [-0.4, -0.2) is 26.3 Å². The third-order valence-electron chi connectivity index (χ3n) is 1.84. The summed E-state index contributed by atoms with van der Waals surface area (Å²) in [6.07, 6.45) is -1.13. The Hall–Kier alpha value is -1.12. The molecule has 1 atom stereocenters. The summed E-state index contributed by atoms with van der Waals surface area (Å²) in [5, 5.41) is 0.236. The zero-order valence-electron chi connectivity index (χ0n) is 9.93. The average molecular weight is 325 g/mol. The number of esters is 1. The third kappa shape index (κ3) is 4.28. The van der Waals surface area contributed by atoms with Crippen LogP contribution in [0.25, 0.3) is 0 Å². The lowest BCUT2D eigenvalue weighted by Gasteiger charge is -2.15. The van der Waals surface area contributed by atoms with Gasteiger partial charge in [0.2, 0.25) is 5.76 Å². The molecule has 0 saturated carbocycles. The smallest absolute Gasteiger partial charge is 0.428 e. The van der Waals surface area contributed by atoms with E-state index in [4.69, 9.17) is 23.0 Å². The molecule has 8 heteroatoms. The van der Waals surface area contributed by atoms with Crippen molar-refractivity contribution in [3.05, 3.63) is 22.1 Å². The van der Waals surface area contributed by atoms with Gasteiger partial charge in [0.05, 0.1) is 18.5 Å². The van der Waals surface area contributed by atoms with Crippen molar-refractivity contribution in [3.8, 4) is 0 Å². The molecule has 1 aromatic heterocycles. The van der Waals surface area contributed by atoms with Crippen molar-refractivity contribution in [1.82, 2.24) is 0 Å². The summed E-state index contributed by atoms with van der Waals surface area (Å²) in [5.74, 6) is -1.21. The summed E-state index contributed by atoms with van der Waals surface area (Å²) in [6, 6.07) is 0. The van der Waals surface area contributed by atoms with E-state index in [9.17, 15) is 9.59 Å². The van der Waals surface area contributed by atoms with Crippen molar-refractivity contribution in [2.75, 3.05) is 20.3 Å². The van der Waals surface area contributed by atoms with Crippen LogP contribution >= 0.6 is 15.9 Å². The van der Waals surface area contributed by atoms with E-state index < -0.39 is 18.1 Å². The summed E-state index contributed by atoms with van der Waals surface area (Å²) < 4.78 is 24.5. The molecule has 0 aromatic carbocycles. The van der Waals surface area contributed by atoms with Gasteiger partial charge in [-0.3, -0.25) is 4.79 Å². The van der Waals surface area contributed by atoms with Crippen LogP contribution in [0.3, 0.4) is 0 Å². The van der Waals surface area contributed by atoms with E-state index >= 15 is 0 Å². The van der Waals surface area contributed by atoms with E-state index in [2.05, 4.69) is 15.9 Å². The Bertz CT molecular complexity index is 436. The van der Waals surface area contributed by atoms with Crippen LogP contribution in [0.2, 0.25) is 0 Å². The second-order valence-electron chi connectivity index (χ2n) is 3.18. The number of carbonyl (C=O) groups is 1. The van der Waals surface area contributed by atoms with Crippen molar-refractivity contribution in [1.29, 1.82) is 0 Å². The van der Waals surface area contributed by atoms with E-state index in [-0.39, 0.29) is 23.5 Å². The first-order valence-electron chi connectivity index (χ1n) is 5.05. The summed E-state index contributed by atoms with van der Waals surface area (Å²) >= 11 is 3.12. The highest BCUT2D eigenvalue weighted by Gasteiger charge is 2.25. The minimum atomic E-state index is -1.13. The molecule has 0 aliphatic rings. The molecule has 1 heterocycles. The highest BCUT2D eigenvalue weighted by molar-refractivity contribution is 9.08. The van der Waals surface area contributed by atoms with Crippen molar-refractivity contribution in [3.63, 3.8) is 0 Å². The highest BCUT2D eigenvalue weighted by atomic mass is 79.9. The van der Waals surface area contributed by atoms with Gasteiger partial charge < -0.3 is 23.0 Å². The maximum absolute atomic E-state index is 11.0. The molecule has 0 fully saturated rings. The van der Waals surface area contributed by atoms with Gasteiger partial charge in [-0.05, 0) is 0 Å². The Kier molecular flexibility index (Phi) is 6.10. The van der Waals surface area contributed by atoms with Crippen molar-refractivity contribution >= 4 is 21.9 Å². The maximum atomic E-state index is 11.0. The number of hydrogen-bond acceptors (Lipinski definition) is 7. The average Bonchev–Trinajstić information content (AvgIpc) is 2.69. The van der Waals surface area contributed by atoms with Crippen LogP contribution in [0.15, 0.2) is 13.6 Å². The molecule has 18 heavy (non-hydrogen) atoms. The predicted octanol–water partition coefficient (Wildman–Crippen LogP) is 1.35. The van der Waals surface area contributed by atoms with E-state index in [0.29, 0.717) is 6.61 Å². The van der Waals surface area contributed by atoms with Gasteiger partial charge in [0.15, 0.2) is 5.76 Å². The van der Waals surface area contributed by atoms with Crippen LogP contribution in [0, 0.1) is 0 Å². The first-order chi connectivity index (χ1) is 8.58. The summed E-state index contributed by atoms with van der Waals surface area (Å²) in [7, 11) is 1.51. The minimum Gasteiger partial charge on any atom is -0.428 e.